The van der Waals surface area contributed by atoms with Crippen molar-refractivity contribution in [3.63, 3.8) is 0 Å². The second kappa shape index (κ2) is 5.32. The third-order valence-electron chi connectivity index (χ3n) is 3.44. The van der Waals surface area contributed by atoms with Crippen LogP contribution in [-0.4, -0.2) is 30.6 Å². The molecule has 3 nitrogen and oxygen atoms in total. The lowest BCUT2D eigenvalue weighted by molar-refractivity contribution is 0.101. The van der Waals surface area contributed by atoms with Crippen molar-refractivity contribution in [2.45, 2.75) is 19.8 Å². The molecule has 17 heavy (non-hydrogen) atoms. The first-order chi connectivity index (χ1) is 8.20. The highest BCUT2D eigenvalue weighted by molar-refractivity contribution is 5.94. The highest BCUT2D eigenvalue weighted by Gasteiger charge is 2.22. The van der Waals surface area contributed by atoms with Crippen molar-refractivity contribution < 1.29 is 9.90 Å². The summed E-state index contributed by atoms with van der Waals surface area (Å²) in [6, 6.07) is 7.80. The quantitative estimate of drug-likeness (QED) is 0.810. The molecular formula is C14H19NO2. The Morgan fingerprint density at radius 1 is 1.53 bits per heavy atom. The molecule has 1 atom stereocenters. The molecule has 0 bridgehead atoms. The zero-order valence-electron chi connectivity index (χ0n) is 10.2. The molecule has 0 spiro atoms. The summed E-state index contributed by atoms with van der Waals surface area (Å²) in [6.45, 7) is 3.87. The summed E-state index contributed by atoms with van der Waals surface area (Å²) < 4.78 is 0. The van der Waals surface area contributed by atoms with E-state index in [-0.39, 0.29) is 12.4 Å². The third-order valence-corrected chi connectivity index (χ3v) is 3.44. The molecule has 1 aromatic rings. The van der Waals surface area contributed by atoms with Crippen LogP contribution in [0.15, 0.2) is 24.3 Å². The van der Waals surface area contributed by atoms with E-state index in [1.807, 2.05) is 24.3 Å². The van der Waals surface area contributed by atoms with Crippen LogP contribution in [0.4, 0.5) is 5.69 Å². The van der Waals surface area contributed by atoms with Crippen molar-refractivity contribution in [3.8, 4) is 0 Å². The van der Waals surface area contributed by atoms with Gasteiger partial charge in [0.1, 0.15) is 0 Å². The van der Waals surface area contributed by atoms with E-state index in [0.717, 1.165) is 37.2 Å². The maximum atomic E-state index is 11.3. The fourth-order valence-corrected chi connectivity index (χ4v) is 2.41. The number of hydrogen-bond donors (Lipinski definition) is 1. The predicted molar refractivity (Wildman–Crippen MR) is 68.5 cm³/mol. The molecule has 1 aliphatic rings. The number of aliphatic hydroxyl groups excluding tert-OH is 1. The van der Waals surface area contributed by atoms with Crippen LogP contribution in [0, 0.1) is 5.92 Å². The number of anilines is 1. The fourth-order valence-electron chi connectivity index (χ4n) is 2.41. The second-order valence-electron chi connectivity index (χ2n) is 4.72. The molecule has 0 aromatic heterocycles. The van der Waals surface area contributed by atoms with E-state index in [1.54, 1.807) is 6.92 Å². The summed E-state index contributed by atoms with van der Waals surface area (Å²) in [7, 11) is 0. The minimum absolute atomic E-state index is 0.109. The van der Waals surface area contributed by atoms with Crippen LogP contribution in [0.1, 0.15) is 30.1 Å². The molecule has 1 aliphatic heterocycles. The summed E-state index contributed by atoms with van der Waals surface area (Å²) in [6.07, 6.45) is 2.01. The molecule has 1 heterocycles. The molecule has 0 aliphatic carbocycles. The van der Waals surface area contributed by atoms with Crippen molar-refractivity contribution in [3.05, 3.63) is 29.8 Å². The topological polar surface area (TPSA) is 40.5 Å². The Labute approximate surface area is 102 Å². The maximum Gasteiger partial charge on any atom is 0.159 e. The van der Waals surface area contributed by atoms with Gasteiger partial charge >= 0.3 is 0 Å². The second-order valence-corrected chi connectivity index (χ2v) is 4.72. The van der Waals surface area contributed by atoms with E-state index in [0.29, 0.717) is 5.92 Å². The van der Waals surface area contributed by atoms with Gasteiger partial charge in [-0.1, -0.05) is 12.1 Å². The average molecular weight is 233 g/mol. The molecule has 0 saturated carbocycles. The maximum absolute atomic E-state index is 11.3. The lowest BCUT2D eigenvalue weighted by Gasteiger charge is -2.19. The lowest BCUT2D eigenvalue weighted by Crippen LogP contribution is -2.20. The Morgan fingerprint density at radius 3 is 3.06 bits per heavy atom. The van der Waals surface area contributed by atoms with E-state index in [9.17, 15) is 4.79 Å². The Balaban J connectivity index is 2.08. The minimum Gasteiger partial charge on any atom is -0.396 e. The Bertz CT molecular complexity index is 403. The molecule has 2 rings (SSSR count). The first-order valence-electron chi connectivity index (χ1n) is 6.17. The van der Waals surface area contributed by atoms with Crippen molar-refractivity contribution >= 4 is 11.5 Å². The first kappa shape index (κ1) is 12.1. The summed E-state index contributed by atoms with van der Waals surface area (Å²) in [5, 5.41) is 8.94. The van der Waals surface area contributed by atoms with Gasteiger partial charge in [-0.3, -0.25) is 4.79 Å². The van der Waals surface area contributed by atoms with Crippen molar-refractivity contribution in [2.75, 3.05) is 24.6 Å². The number of carbonyl (C=O) groups excluding carboxylic acids is 1. The number of carbonyl (C=O) groups is 1. The molecule has 0 amide bonds. The van der Waals surface area contributed by atoms with Gasteiger partial charge in [-0.25, -0.2) is 0 Å². The van der Waals surface area contributed by atoms with Gasteiger partial charge in [-0.15, -0.1) is 0 Å². The van der Waals surface area contributed by atoms with Crippen LogP contribution in [0.25, 0.3) is 0 Å². The van der Waals surface area contributed by atoms with Gasteiger partial charge in [0.2, 0.25) is 0 Å². The summed E-state index contributed by atoms with van der Waals surface area (Å²) in [4.78, 5) is 13.6. The van der Waals surface area contributed by atoms with Crippen molar-refractivity contribution in [1.82, 2.24) is 0 Å². The van der Waals surface area contributed by atoms with Crippen LogP contribution in [0.3, 0.4) is 0 Å². The van der Waals surface area contributed by atoms with Gasteiger partial charge in [0.15, 0.2) is 5.78 Å². The number of hydrogen-bond acceptors (Lipinski definition) is 3. The Kier molecular flexibility index (Phi) is 3.79. The highest BCUT2D eigenvalue weighted by atomic mass is 16.3. The van der Waals surface area contributed by atoms with Gasteiger partial charge < -0.3 is 10.0 Å². The van der Waals surface area contributed by atoms with Crippen LogP contribution in [0.2, 0.25) is 0 Å². The predicted octanol–water partition coefficient (Wildman–Crippen LogP) is 2.10. The fraction of sp³-hybridized carbons (Fsp3) is 0.500. The van der Waals surface area contributed by atoms with Crippen molar-refractivity contribution in [1.29, 1.82) is 0 Å². The number of ketones is 1. The number of aliphatic hydroxyl groups is 1. The number of rotatable bonds is 4. The normalized spacial score (nSPS) is 19.6. The number of Topliss-reactive ketones (excluding diaryl/α,β-unsaturated/α-hetero) is 1. The summed E-state index contributed by atoms with van der Waals surface area (Å²) >= 11 is 0. The average Bonchev–Trinajstić information content (AvgIpc) is 2.78. The van der Waals surface area contributed by atoms with E-state index in [4.69, 9.17) is 5.11 Å². The zero-order chi connectivity index (χ0) is 12.3. The zero-order valence-corrected chi connectivity index (χ0v) is 10.2. The molecule has 92 valence electrons. The van der Waals surface area contributed by atoms with E-state index < -0.39 is 0 Å². The van der Waals surface area contributed by atoms with Crippen LogP contribution >= 0.6 is 0 Å². The van der Waals surface area contributed by atoms with E-state index >= 15 is 0 Å². The Hall–Kier alpha value is -1.35. The third kappa shape index (κ3) is 2.86. The Morgan fingerprint density at radius 2 is 2.35 bits per heavy atom. The van der Waals surface area contributed by atoms with Crippen LogP contribution in [-0.2, 0) is 0 Å². The summed E-state index contributed by atoms with van der Waals surface area (Å²) in [5.74, 6) is 0.693. The van der Waals surface area contributed by atoms with Gasteiger partial charge in [-0.05, 0) is 37.8 Å². The largest absolute Gasteiger partial charge is 0.396 e. The van der Waals surface area contributed by atoms with Crippen molar-refractivity contribution in [2.24, 2.45) is 5.92 Å². The lowest BCUT2D eigenvalue weighted by atomic mass is 10.1. The number of benzene rings is 1. The molecule has 1 N–H and O–H groups in total. The first-order valence-corrected chi connectivity index (χ1v) is 6.17. The van der Waals surface area contributed by atoms with Gasteiger partial charge in [0.25, 0.3) is 0 Å². The van der Waals surface area contributed by atoms with E-state index in [2.05, 4.69) is 4.90 Å². The smallest absolute Gasteiger partial charge is 0.159 e. The molecule has 1 unspecified atom stereocenters. The molecule has 3 heteroatoms. The SMILES string of the molecule is CC(=O)c1cccc(N2CCC(CCO)C2)c1. The molecular weight excluding hydrogens is 214 g/mol. The van der Waals surface area contributed by atoms with Crippen LogP contribution in [0.5, 0.6) is 0 Å². The summed E-state index contributed by atoms with van der Waals surface area (Å²) in [5.41, 5.74) is 1.89. The molecule has 1 aromatic carbocycles. The highest BCUT2D eigenvalue weighted by Crippen LogP contribution is 2.26. The number of nitrogens with zero attached hydrogens (tertiary/aromatic N) is 1. The van der Waals surface area contributed by atoms with Gasteiger partial charge in [0, 0.05) is 30.9 Å². The van der Waals surface area contributed by atoms with E-state index in [1.165, 1.54) is 0 Å². The molecule has 0 radical (unpaired) electrons. The standard InChI is InChI=1S/C14H19NO2/c1-11(17)13-3-2-4-14(9-13)15-7-5-12(10-15)6-8-16/h2-4,9,12,16H,5-8,10H2,1H3. The van der Waals surface area contributed by atoms with Crippen LogP contribution < -0.4 is 4.90 Å². The monoisotopic (exact) mass is 233 g/mol. The molecule has 1 fully saturated rings. The minimum atomic E-state index is 0.109. The van der Waals surface area contributed by atoms with Gasteiger partial charge in [0.05, 0.1) is 0 Å². The van der Waals surface area contributed by atoms with Gasteiger partial charge in [-0.2, -0.15) is 0 Å². The molecule has 1 saturated heterocycles.